The number of thioether (sulfide) groups is 1. The molecule has 0 bridgehead atoms. The van der Waals surface area contributed by atoms with E-state index in [2.05, 4.69) is 10.2 Å². The van der Waals surface area contributed by atoms with Crippen LogP contribution in [0, 0.1) is 5.41 Å². The van der Waals surface area contributed by atoms with Gasteiger partial charge in [0.25, 0.3) is 0 Å². The molecule has 0 unspecified atom stereocenters. The Morgan fingerprint density at radius 3 is 2.88 bits per heavy atom. The highest BCUT2D eigenvalue weighted by Crippen LogP contribution is 2.42. The van der Waals surface area contributed by atoms with Gasteiger partial charge in [-0.05, 0) is 18.6 Å². The zero-order chi connectivity index (χ0) is 17.3. The molecule has 6 nitrogen and oxygen atoms in total. The van der Waals surface area contributed by atoms with Crippen molar-refractivity contribution in [3.63, 3.8) is 0 Å². The summed E-state index contributed by atoms with van der Waals surface area (Å²) >= 11 is 2.45. The Hall–Kier alpha value is -2.19. The maximum absolute atomic E-state index is 12.7. The first-order valence-corrected chi connectivity index (χ1v) is 8.88. The molecule has 1 aromatic heterocycles. The molecule has 0 saturated carbocycles. The largest absolute Gasteiger partial charge is 0.504 e. The van der Waals surface area contributed by atoms with E-state index < -0.39 is 5.92 Å². The predicted octanol–water partition coefficient (Wildman–Crippen LogP) is 3.23. The van der Waals surface area contributed by atoms with Crippen molar-refractivity contribution in [2.24, 2.45) is 0 Å². The topological polar surface area (TPSA) is 96.2 Å². The summed E-state index contributed by atoms with van der Waals surface area (Å²) in [5, 5.41) is 28.0. The number of hydrogen-bond donors (Lipinski definition) is 2. The highest BCUT2D eigenvalue weighted by Gasteiger charge is 2.39. The van der Waals surface area contributed by atoms with Crippen LogP contribution < -0.4 is 4.74 Å². The van der Waals surface area contributed by atoms with E-state index in [4.69, 9.17) is 10.1 Å². The van der Waals surface area contributed by atoms with E-state index in [1.54, 1.807) is 24.3 Å². The lowest BCUT2D eigenvalue weighted by Crippen LogP contribution is -2.11. The first-order chi connectivity index (χ1) is 11.5. The molecule has 24 heavy (non-hydrogen) atoms. The fraction of sp³-hybridized carbons (Fsp3) is 0.250. The number of benzene rings is 1. The van der Waals surface area contributed by atoms with Gasteiger partial charge in [-0.15, -0.1) is 21.5 Å². The number of para-hydroxylation sites is 1. The van der Waals surface area contributed by atoms with Crippen molar-refractivity contribution in [1.82, 2.24) is 10.2 Å². The number of ether oxygens (including phenoxy) is 1. The fourth-order valence-electron chi connectivity index (χ4n) is 2.30. The quantitative estimate of drug-likeness (QED) is 0.812. The van der Waals surface area contributed by atoms with Gasteiger partial charge in [-0.3, -0.25) is 10.2 Å². The van der Waals surface area contributed by atoms with Gasteiger partial charge in [0.15, 0.2) is 17.3 Å². The molecule has 0 radical (unpaired) electrons. The maximum atomic E-state index is 12.7. The summed E-state index contributed by atoms with van der Waals surface area (Å²) in [5.74, 6) is -0.568. The van der Waals surface area contributed by atoms with Crippen molar-refractivity contribution in [1.29, 1.82) is 5.41 Å². The van der Waals surface area contributed by atoms with Crippen molar-refractivity contribution < 1.29 is 14.6 Å². The van der Waals surface area contributed by atoms with E-state index in [0.29, 0.717) is 21.2 Å². The molecular weight excluding hydrogens is 346 g/mol. The zero-order valence-corrected chi connectivity index (χ0v) is 14.7. The minimum atomic E-state index is -0.688. The molecule has 0 spiro atoms. The minimum absolute atomic E-state index is 0.0277. The highest BCUT2D eigenvalue weighted by atomic mass is 32.2. The van der Waals surface area contributed by atoms with Crippen molar-refractivity contribution in [3.05, 3.63) is 38.7 Å². The van der Waals surface area contributed by atoms with E-state index >= 15 is 0 Å². The lowest BCUT2D eigenvalue weighted by atomic mass is 10.0. The number of aromatic hydroxyl groups is 1. The normalized spacial score (nSPS) is 19.2. The van der Waals surface area contributed by atoms with Gasteiger partial charge < -0.3 is 9.84 Å². The highest BCUT2D eigenvalue weighted by molar-refractivity contribution is 8.19. The molecule has 8 heteroatoms. The molecule has 1 atom stereocenters. The van der Waals surface area contributed by atoms with Crippen LogP contribution in [-0.4, -0.2) is 33.2 Å². The first-order valence-electron chi connectivity index (χ1n) is 7.25. The third kappa shape index (κ3) is 2.94. The Labute approximate surface area is 147 Å². The van der Waals surface area contributed by atoms with Gasteiger partial charge in [0.05, 0.1) is 17.1 Å². The molecule has 1 aromatic carbocycles. The molecule has 1 fully saturated rings. The predicted molar refractivity (Wildman–Crippen MR) is 95.0 cm³/mol. The van der Waals surface area contributed by atoms with Crippen LogP contribution in [0.1, 0.15) is 28.4 Å². The number of phenols is 1. The van der Waals surface area contributed by atoms with Crippen molar-refractivity contribution in [2.45, 2.75) is 19.3 Å². The third-order valence-corrected chi connectivity index (χ3v) is 5.68. The summed E-state index contributed by atoms with van der Waals surface area (Å²) in [6.45, 7) is 1.97. The van der Waals surface area contributed by atoms with Crippen molar-refractivity contribution in [3.8, 4) is 11.5 Å². The maximum Gasteiger partial charge on any atom is 0.186 e. The number of rotatable bonds is 4. The number of aryl methyl sites for hydroxylation is 1. The number of ketones is 1. The van der Waals surface area contributed by atoms with Crippen LogP contribution in [0.3, 0.4) is 0 Å². The van der Waals surface area contributed by atoms with Crippen LogP contribution in [0.25, 0.3) is 6.08 Å². The number of Topliss-reactive ketones (excluding diaryl/α,β-unsaturated/α-hetero) is 1. The van der Waals surface area contributed by atoms with Crippen LogP contribution in [0.15, 0.2) is 23.1 Å². The van der Waals surface area contributed by atoms with Gasteiger partial charge in [-0.1, -0.05) is 30.8 Å². The molecule has 1 saturated heterocycles. The van der Waals surface area contributed by atoms with E-state index in [-0.39, 0.29) is 16.6 Å². The lowest BCUT2D eigenvalue weighted by molar-refractivity contribution is -0.114. The summed E-state index contributed by atoms with van der Waals surface area (Å²) < 4.78 is 5.07. The number of carbonyl (C=O) groups excluding carboxylic acids is 1. The second-order valence-electron chi connectivity index (χ2n) is 5.06. The number of allylic oxidation sites excluding steroid dienone is 1. The number of nitrogens with one attached hydrogen (secondary N) is 1. The first kappa shape index (κ1) is 16.7. The molecule has 3 rings (SSSR count). The Morgan fingerprint density at radius 2 is 2.21 bits per heavy atom. The van der Waals surface area contributed by atoms with Gasteiger partial charge in [-0.2, -0.15) is 0 Å². The molecular formula is C16H15N3O3S2. The standard InChI is InChI=1S/C16H15N3O3S2/c1-3-11-18-19-16(24-11)12-14(21)10(23-15(12)17)7-8-5-4-6-9(22-2)13(8)20/h4-7,12,17,20H,3H2,1-2H3/b10-7-,17-15?/t12-/m0/s1. The number of aromatic nitrogens is 2. The van der Waals surface area contributed by atoms with E-state index in [9.17, 15) is 9.90 Å². The zero-order valence-electron chi connectivity index (χ0n) is 13.1. The number of phenolic OH excluding ortho intramolecular Hbond substituents is 1. The molecule has 2 aromatic rings. The number of hydrogen-bond acceptors (Lipinski definition) is 8. The summed E-state index contributed by atoms with van der Waals surface area (Å²) in [4.78, 5) is 13.1. The summed E-state index contributed by atoms with van der Waals surface area (Å²) in [5.41, 5.74) is 0.477. The third-order valence-electron chi connectivity index (χ3n) is 3.56. The second-order valence-corrected chi connectivity index (χ2v) is 7.24. The molecule has 0 amide bonds. The number of nitrogens with zero attached hydrogens (tertiary/aromatic N) is 2. The Morgan fingerprint density at radius 1 is 1.42 bits per heavy atom. The van der Waals surface area contributed by atoms with Crippen molar-refractivity contribution >= 4 is 40.0 Å². The van der Waals surface area contributed by atoms with E-state index in [1.807, 2.05) is 6.92 Å². The van der Waals surface area contributed by atoms with E-state index in [0.717, 1.165) is 23.2 Å². The van der Waals surface area contributed by atoms with Crippen LogP contribution in [0.2, 0.25) is 0 Å². The van der Waals surface area contributed by atoms with E-state index in [1.165, 1.54) is 18.4 Å². The Bertz CT molecular complexity index is 845. The fourth-order valence-corrected chi connectivity index (χ4v) is 4.25. The SMILES string of the molecule is CCc1nnc([C@@H]2C(=N)S/C(=C\c3cccc(OC)c3O)C2=O)s1. The molecule has 124 valence electrons. The molecule has 1 aliphatic rings. The van der Waals surface area contributed by atoms with Gasteiger partial charge in [0.2, 0.25) is 0 Å². The number of methoxy groups -OCH3 is 1. The Balaban J connectivity index is 1.94. The van der Waals surface area contributed by atoms with Crippen molar-refractivity contribution in [2.75, 3.05) is 7.11 Å². The van der Waals surface area contributed by atoms with Gasteiger partial charge in [-0.25, -0.2) is 0 Å². The average Bonchev–Trinajstić information content (AvgIpc) is 3.14. The van der Waals surface area contributed by atoms with Gasteiger partial charge in [0.1, 0.15) is 15.9 Å². The van der Waals surface area contributed by atoms with Gasteiger partial charge >= 0.3 is 0 Å². The molecule has 2 heterocycles. The van der Waals surface area contributed by atoms with Gasteiger partial charge in [0, 0.05) is 5.56 Å². The Kier molecular flexibility index (Phi) is 4.68. The van der Waals surface area contributed by atoms with Crippen LogP contribution in [0.5, 0.6) is 11.5 Å². The summed E-state index contributed by atoms with van der Waals surface area (Å²) in [6.07, 6.45) is 2.33. The number of carbonyl (C=O) groups is 1. The summed E-state index contributed by atoms with van der Waals surface area (Å²) in [7, 11) is 1.47. The monoisotopic (exact) mass is 361 g/mol. The van der Waals surface area contributed by atoms with Crippen LogP contribution in [-0.2, 0) is 11.2 Å². The minimum Gasteiger partial charge on any atom is -0.504 e. The smallest absolute Gasteiger partial charge is 0.186 e. The molecule has 0 aliphatic carbocycles. The lowest BCUT2D eigenvalue weighted by Gasteiger charge is -2.06. The van der Waals surface area contributed by atoms with Crippen LogP contribution >= 0.6 is 23.1 Å². The molecule has 2 N–H and O–H groups in total. The summed E-state index contributed by atoms with van der Waals surface area (Å²) in [6, 6.07) is 5.06. The average molecular weight is 361 g/mol. The molecule has 1 aliphatic heterocycles. The van der Waals surface area contributed by atoms with Crippen LogP contribution in [0.4, 0.5) is 0 Å². The second kappa shape index (κ2) is 6.74.